The lowest BCUT2D eigenvalue weighted by Gasteiger charge is -2.26. The van der Waals surface area contributed by atoms with E-state index in [-0.39, 0.29) is 5.57 Å². The second-order valence-corrected chi connectivity index (χ2v) is 5.97. The third kappa shape index (κ3) is 3.46. The lowest BCUT2D eigenvalue weighted by molar-refractivity contribution is -0.122. The zero-order chi connectivity index (χ0) is 18.0. The number of anilines is 1. The van der Waals surface area contributed by atoms with Gasteiger partial charge in [0.25, 0.3) is 11.8 Å². The van der Waals surface area contributed by atoms with Crippen molar-refractivity contribution < 1.29 is 14.4 Å². The van der Waals surface area contributed by atoms with Crippen LogP contribution in [0.3, 0.4) is 0 Å². The summed E-state index contributed by atoms with van der Waals surface area (Å²) >= 11 is 5.84. The maximum absolute atomic E-state index is 12.7. The molecule has 1 N–H and O–H groups in total. The second-order valence-electron chi connectivity index (χ2n) is 5.53. The summed E-state index contributed by atoms with van der Waals surface area (Å²) in [5.74, 6) is -1.38. The molecule has 126 valence electrons. The summed E-state index contributed by atoms with van der Waals surface area (Å²) in [6.07, 6.45) is 2.38. The standard InChI is InChI=1S/C19H15ClN2O3/c1-2-12-3-5-13(6-4-12)11-16-17(23)21-19(25)22(18(16)24)15-9-7-14(20)8-10-15/h3-11H,2H2,1H3,(H,21,23,25). The van der Waals surface area contributed by atoms with Gasteiger partial charge in [-0.05, 0) is 47.9 Å². The van der Waals surface area contributed by atoms with E-state index in [0.717, 1.165) is 16.9 Å². The largest absolute Gasteiger partial charge is 0.335 e. The molecule has 1 heterocycles. The zero-order valence-electron chi connectivity index (χ0n) is 13.5. The summed E-state index contributed by atoms with van der Waals surface area (Å²) in [6.45, 7) is 2.04. The first kappa shape index (κ1) is 16.9. The van der Waals surface area contributed by atoms with Crippen LogP contribution in [0.1, 0.15) is 18.1 Å². The molecule has 5 nitrogen and oxygen atoms in total. The third-order valence-electron chi connectivity index (χ3n) is 3.89. The number of nitrogens with zero attached hydrogens (tertiary/aromatic N) is 1. The van der Waals surface area contributed by atoms with Crippen molar-refractivity contribution in [2.45, 2.75) is 13.3 Å². The van der Waals surface area contributed by atoms with Gasteiger partial charge in [-0.2, -0.15) is 0 Å². The molecule has 6 heteroatoms. The first-order chi connectivity index (χ1) is 12.0. The van der Waals surface area contributed by atoms with Gasteiger partial charge in [0.1, 0.15) is 5.57 Å². The van der Waals surface area contributed by atoms with Gasteiger partial charge in [0, 0.05) is 5.02 Å². The summed E-state index contributed by atoms with van der Waals surface area (Å²) in [6, 6.07) is 13.0. The van der Waals surface area contributed by atoms with Crippen LogP contribution in [0.15, 0.2) is 54.1 Å². The molecule has 1 saturated heterocycles. The number of urea groups is 1. The predicted molar refractivity (Wildman–Crippen MR) is 96.3 cm³/mol. The highest BCUT2D eigenvalue weighted by atomic mass is 35.5. The molecule has 0 spiro atoms. The van der Waals surface area contributed by atoms with Crippen LogP contribution in [0.4, 0.5) is 10.5 Å². The van der Waals surface area contributed by atoms with E-state index in [1.807, 2.05) is 31.2 Å². The number of aryl methyl sites for hydroxylation is 1. The fourth-order valence-corrected chi connectivity index (χ4v) is 2.62. The SMILES string of the molecule is CCc1ccc(C=C2C(=O)NC(=O)N(c3ccc(Cl)cc3)C2=O)cc1. The molecule has 0 bridgehead atoms. The van der Waals surface area contributed by atoms with Crippen LogP contribution in [0.25, 0.3) is 6.08 Å². The summed E-state index contributed by atoms with van der Waals surface area (Å²) in [4.78, 5) is 37.8. The molecule has 2 aromatic rings. The van der Waals surface area contributed by atoms with Crippen molar-refractivity contribution >= 4 is 41.2 Å². The quantitative estimate of drug-likeness (QED) is 0.677. The molecule has 1 fully saturated rings. The number of carbonyl (C=O) groups excluding carboxylic acids is 3. The van der Waals surface area contributed by atoms with Crippen LogP contribution in [0.2, 0.25) is 5.02 Å². The molecule has 0 saturated carbocycles. The van der Waals surface area contributed by atoms with Gasteiger partial charge in [0.05, 0.1) is 5.69 Å². The Bertz CT molecular complexity index is 871. The molecule has 0 radical (unpaired) electrons. The van der Waals surface area contributed by atoms with Gasteiger partial charge in [-0.15, -0.1) is 0 Å². The Morgan fingerprint density at radius 1 is 1.00 bits per heavy atom. The average Bonchev–Trinajstić information content (AvgIpc) is 2.60. The fraction of sp³-hybridized carbons (Fsp3) is 0.105. The van der Waals surface area contributed by atoms with Crippen LogP contribution in [0.5, 0.6) is 0 Å². The van der Waals surface area contributed by atoms with Crippen LogP contribution in [-0.4, -0.2) is 17.8 Å². The molecule has 25 heavy (non-hydrogen) atoms. The van der Waals surface area contributed by atoms with Crippen molar-refractivity contribution in [2.24, 2.45) is 0 Å². The predicted octanol–water partition coefficient (Wildman–Crippen LogP) is 3.57. The van der Waals surface area contributed by atoms with Gasteiger partial charge in [-0.25, -0.2) is 9.69 Å². The second kappa shape index (κ2) is 6.91. The minimum Gasteiger partial charge on any atom is -0.273 e. The van der Waals surface area contributed by atoms with Gasteiger partial charge >= 0.3 is 6.03 Å². The Balaban J connectivity index is 1.97. The number of hydrogen-bond donors (Lipinski definition) is 1. The van der Waals surface area contributed by atoms with E-state index in [0.29, 0.717) is 16.3 Å². The third-order valence-corrected chi connectivity index (χ3v) is 4.14. The van der Waals surface area contributed by atoms with Crippen LogP contribution in [-0.2, 0) is 16.0 Å². The number of rotatable bonds is 3. The smallest absolute Gasteiger partial charge is 0.273 e. The van der Waals surface area contributed by atoms with Gasteiger partial charge < -0.3 is 0 Å². The van der Waals surface area contributed by atoms with Crippen molar-refractivity contribution in [3.63, 3.8) is 0 Å². The Morgan fingerprint density at radius 3 is 2.24 bits per heavy atom. The van der Waals surface area contributed by atoms with Crippen molar-refractivity contribution in [2.75, 3.05) is 4.90 Å². The van der Waals surface area contributed by atoms with Gasteiger partial charge in [-0.3, -0.25) is 14.9 Å². The first-order valence-corrected chi connectivity index (χ1v) is 8.13. The van der Waals surface area contributed by atoms with E-state index in [9.17, 15) is 14.4 Å². The molecule has 0 aromatic heterocycles. The molecule has 0 unspecified atom stereocenters. The molecular formula is C19H15ClN2O3. The number of hydrogen-bond acceptors (Lipinski definition) is 3. The molecule has 2 aromatic carbocycles. The Hall–Kier alpha value is -2.92. The fourth-order valence-electron chi connectivity index (χ4n) is 2.50. The minimum absolute atomic E-state index is 0.0983. The van der Waals surface area contributed by atoms with E-state index in [4.69, 9.17) is 11.6 Å². The Morgan fingerprint density at radius 2 is 1.64 bits per heavy atom. The topological polar surface area (TPSA) is 66.5 Å². The van der Waals surface area contributed by atoms with E-state index < -0.39 is 17.8 Å². The highest BCUT2D eigenvalue weighted by Crippen LogP contribution is 2.23. The average molecular weight is 355 g/mol. The van der Waals surface area contributed by atoms with E-state index in [1.54, 1.807) is 24.3 Å². The van der Waals surface area contributed by atoms with Crippen LogP contribution >= 0.6 is 11.6 Å². The maximum Gasteiger partial charge on any atom is 0.335 e. The van der Waals surface area contributed by atoms with E-state index >= 15 is 0 Å². The molecular weight excluding hydrogens is 340 g/mol. The Labute approximate surface area is 149 Å². The van der Waals surface area contributed by atoms with Gasteiger partial charge in [-0.1, -0.05) is 42.8 Å². The molecule has 1 aliphatic heterocycles. The highest BCUT2D eigenvalue weighted by molar-refractivity contribution is 6.39. The number of barbiturate groups is 1. The molecule has 4 amide bonds. The number of halogens is 1. The molecule has 0 aliphatic carbocycles. The van der Waals surface area contributed by atoms with Crippen molar-refractivity contribution in [3.05, 3.63) is 70.3 Å². The first-order valence-electron chi connectivity index (χ1n) is 7.75. The lowest BCUT2D eigenvalue weighted by atomic mass is 10.0. The van der Waals surface area contributed by atoms with Crippen molar-refractivity contribution in [1.82, 2.24) is 5.32 Å². The van der Waals surface area contributed by atoms with Gasteiger partial charge in [0.15, 0.2) is 0 Å². The number of benzene rings is 2. The maximum atomic E-state index is 12.7. The minimum atomic E-state index is -0.782. The molecule has 3 rings (SSSR count). The monoisotopic (exact) mass is 354 g/mol. The molecule has 0 atom stereocenters. The summed E-state index contributed by atoms with van der Waals surface area (Å²) < 4.78 is 0. The number of nitrogens with one attached hydrogen (secondary N) is 1. The highest BCUT2D eigenvalue weighted by Gasteiger charge is 2.36. The van der Waals surface area contributed by atoms with Gasteiger partial charge in [0.2, 0.25) is 0 Å². The van der Waals surface area contributed by atoms with Crippen LogP contribution in [0, 0.1) is 0 Å². The number of amides is 4. The molecule has 1 aliphatic rings. The van der Waals surface area contributed by atoms with Crippen molar-refractivity contribution in [3.8, 4) is 0 Å². The summed E-state index contributed by atoms with van der Waals surface area (Å²) in [5, 5.41) is 2.67. The number of carbonyl (C=O) groups is 3. The van der Waals surface area contributed by atoms with E-state index in [2.05, 4.69) is 5.32 Å². The summed E-state index contributed by atoms with van der Waals surface area (Å²) in [7, 11) is 0. The van der Waals surface area contributed by atoms with E-state index in [1.165, 1.54) is 6.08 Å². The number of imide groups is 2. The lowest BCUT2D eigenvalue weighted by Crippen LogP contribution is -2.54. The summed E-state index contributed by atoms with van der Waals surface area (Å²) in [5.41, 5.74) is 2.10. The van der Waals surface area contributed by atoms with Crippen molar-refractivity contribution in [1.29, 1.82) is 0 Å². The Kier molecular flexibility index (Phi) is 4.67. The van der Waals surface area contributed by atoms with Crippen LogP contribution < -0.4 is 10.2 Å². The normalized spacial score (nSPS) is 16.3. The zero-order valence-corrected chi connectivity index (χ0v) is 14.2.